The van der Waals surface area contributed by atoms with Crippen LogP contribution in [0.2, 0.25) is 5.02 Å². The first kappa shape index (κ1) is 27.6. The SMILES string of the molecule is Cc1c(Cl)ccc2sc(N(CCCN3CCOCC3)C(=O)c3ccc(Cc4ccccc4)cc3)nc12.Cl. The summed E-state index contributed by atoms with van der Waals surface area (Å²) < 4.78 is 6.51. The molecule has 5 rings (SSSR count). The molecule has 1 aromatic heterocycles. The number of carbonyl (C=O) groups is 1. The molecule has 0 spiro atoms. The zero-order valence-electron chi connectivity index (χ0n) is 20.9. The number of hydrogen-bond acceptors (Lipinski definition) is 5. The lowest BCUT2D eigenvalue weighted by Crippen LogP contribution is -2.39. The Bertz CT molecular complexity index is 1320. The molecule has 0 saturated carbocycles. The molecule has 4 aromatic rings. The van der Waals surface area contributed by atoms with Crippen LogP contribution in [0.15, 0.2) is 66.7 Å². The fraction of sp³-hybridized carbons (Fsp3) is 0.310. The lowest BCUT2D eigenvalue weighted by atomic mass is 10.0. The maximum atomic E-state index is 13.8. The summed E-state index contributed by atoms with van der Waals surface area (Å²) in [7, 11) is 0. The summed E-state index contributed by atoms with van der Waals surface area (Å²) in [4.78, 5) is 22.9. The van der Waals surface area contributed by atoms with Crippen molar-refractivity contribution in [3.63, 3.8) is 0 Å². The average molecular weight is 557 g/mol. The van der Waals surface area contributed by atoms with Gasteiger partial charge in [0.2, 0.25) is 0 Å². The van der Waals surface area contributed by atoms with Crippen molar-refractivity contribution in [2.45, 2.75) is 19.8 Å². The highest BCUT2D eigenvalue weighted by atomic mass is 35.5. The van der Waals surface area contributed by atoms with Gasteiger partial charge in [-0.2, -0.15) is 0 Å². The monoisotopic (exact) mass is 555 g/mol. The first-order chi connectivity index (χ1) is 17.6. The highest BCUT2D eigenvalue weighted by molar-refractivity contribution is 7.22. The van der Waals surface area contributed by atoms with Gasteiger partial charge in [-0.15, -0.1) is 12.4 Å². The standard InChI is InChI=1S/C29H30ClN3O2S.ClH/c1-21-25(30)12-13-26-27(21)31-29(36-26)33(15-5-14-32-16-18-35-19-17-32)28(34)24-10-8-23(9-11-24)20-22-6-3-2-4-7-22;/h2-4,6-13H,5,14-20H2,1H3;1H. The maximum Gasteiger partial charge on any atom is 0.260 e. The van der Waals surface area contributed by atoms with Gasteiger partial charge in [-0.25, -0.2) is 4.98 Å². The van der Waals surface area contributed by atoms with Crippen LogP contribution in [-0.4, -0.2) is 55.2 Å². The predicted octanol–water partition coefficient (Wildman–Crippen LogP) is 6.64. The molecular weight excluding hydrogens is 525 g/mol. The van der Waals surface area contributed by atoms with E-state index < -0.39 is 0 Å². The summed E-state index contributed by atoms with van der Waals surface area (Å²) in [6.07, 6.45) is 1.71. The second-order valence-electron chi connectivity index (χ2n) is 9.14. The van der Waals surface area contributed by atoms with Gasteiger partial charge in [0.1, 0.15) is 0 Å². The van der Waals surface area contributed by atoms with Gasteiger partial charge < -0.3 is 4.74 Å². The van der Waals surface area contributed by atoms with E-state index in [1.165, 1.54) is 11.1 Å². The van der Waals surface area contributed by atoms with Crippen molar-refractivity contribution in [1.82, 2.24) is 9.88 Å². The highest BCUT2D eigenvalue weighted by Gasteiger charge is 2.22. The van der Waals surface area contributed by atoms with Gasteiger partial charge in [0.05, 0.1) is 23.4 Å². The Balaban J connectivity index is 0.00000320. The molecule has 1 aliphatic rings. The topological polar surface area (TPSA) is 45.7 Å². The number of amides is 1. The molecule has 3 aromatic carbocycles. The minimum Gasteiger partial charge on any atom is -0.379 e. The molecule has 37 heavy (non-hydrogen) atoms. The molecule has 1 fully saturated rings. The van der Waals surface area contributed by atoms with Crippen molar-refractivity contribution in [3.8, 4) is 0 Å². The number of fused-ring (bicyclic) bond motifs is 1. The lowest BCUT2D eigenvalue weighted by molar-refractivity contribution is 0.0376. The fourth-order valence-corrected chi connectivity index (χ4v) is 5.72. The summed E-state index contributed by atoms with van der Waals surface area (Å²) in [5, 5.41) is 1.41. The molecule has 0 N–H and O–H groups in total. The quantitative estimate of drug-likeness (QED) is 0.244. The number of aryl methyl sites for hydroxylation is 1. The van der Waals surface area contributed by atoms with E-state index in [9.17, 15) is 4.79 Å². The average Bonchev–Trinajstić information content (AvgIpc) is 3.35. The van der Waals surface area contributed by atoms with Crippen LogP contribution >= 0.6 is 35.3 Å². The molecule has 5 nitrogen and oxygen atoms in total. The van der Waals surface area contributed by atoms with Gasteiger partial charge in [-0.1, -0.05) is 65.4 Å². The number of nitrogens with zero attached hydrogens (tertiary/aromatic N) is 3. The number of benzene rings is 3. The normalized spacial score (nSPS) is 13.9. The molecular formula is C29H31Cl2N3O2S. The molecule has 0 atom stereocenters. The number of morpholine rings is 1. The number of anilines is 1. The number of ether oxygens (including phenoxy) is 1. The van der Waals surface area contributed by atoms with Crippen LogP contribution in [0.3, 0.4) is 0 Å². The number of carbonyl (C=O) groups excluding carboxylic acids is 1. The first-order valence-corrected chi connectivity index (χ1v) is 13.6. The van der Waals surface area contributed by atoms with Gasteiger partial charge >= 0.3 is 0 Å². The van der Waals surface area contributed by atoms with Crippen LogP contribution in [0.1, 0.15) is 33.5 Å². The van der Waals surface area contributed by atoms with E-state index in [1.807, 2.05) is 42.2 Å². The second-order valence-corrected chi connectivity index (χ2v) is 10.6. The van der Waals surface area contributed by atoms with Gasteiger partial charge in [0, 0.05) is 36.8 Å². The largest absolute Gasteiger partial charge is 0.379 e. The van der Waals surface area contributed by atoms with Crippen molar-refractivity contribution in [2.24, 2.45) is 0 Å². The van der Waals surface area contributed by atoms with E-state index in [2.05, 4.69) is 41.3 Å². The van der Waals surface area contributed by atoms with E-state index >= 15 is 0 Å². The van der Waals surface area contributed by atoms with Crippen LogP contribution in [-0.2, 0) is 11.2 Å². The number of aromatic nitrogens is 1. The van der Waals surface area contributed by atoms with Gasteiger partial charge in [-0.05, 0) is 60.7 Å². The second kappa shape index (κ2) is 12.9. The summed E-state index contributed by atoms with van der Waals surface area (Å²) in [5.41, 5.74) is 4.92. The number of hydrogen-bond donors (Lipinski definition) is 0. The minimum absolute atomic E-state index is 0. The summed E-state index contributed by atoms with van der Waals surface area (Å²) in [5.74, 6) is -0.0222. The van der Waals surface area contributed by atoms with Crippen LogP contribution < -0.4 is 4.90 Å². The van der Waals surface area contributed by atoms with Crippen molar-refractivity contribution < 1.29 is 9.53 Å². The zero-order chi connectivity index (χ0) is 24.9. The van der Waals surface area contributed by atoms with Gasteiger partial charge in [0.15, 0.2) is 5.13 Å². The minimum atomic E-state index is -0.0222. The van der Waals surface area contributed by atoms with Gasteiger partial charge in [0.25, 0.3) is 5.91 Å². The Kier molecular flexibility index (Phi) is 9.57. The van der Waals surface area contributed by atoms with Crippen LogP contribution in [0, 0.1) is 6.92 Å². The van der Waals surface area contributed by atoms with Crippen molar-refractivity contribution in [2.75, 3.05) is 44.3 Å². The Labute approximate surface area is 233 Å². The lowest BCUT2D eigenvalue weighted by Gasteiger charge is -2.27. The molecule has 0 bridgehead atoms. The van der Waals surface area contributed by atoms with Crippen molar-refractivity contribution >= 4 is 56.6 Å². The Morgan fingerprint density at radius 3 is 2.46 bits per heavy atom. The Hall–Kier alpha value is -2.48. The zero-order valence-corrected chi connectivity index (χ0v) is 23.2. The summed E-state index contributed by atoms with van der Waals surface area (Å²) >= 11 is 7.89. The molecule has 8 heteroatoms. The Morgan fingerprint density at radius 1 is 1.03 bits per heavy atom. The van der Waals surface area contributed by atoms with E-state index in [0.717, 1.165) is 66.6 Å². The third kappa shape index (κ3) is 6.70. The van der Waals surface area contributed by atoms with Crippen LogP contribution in [0.5, 0.6) is 0 Å². The third-order valence-electron chi connectivity index (χ3n) is 6.62. The van der Waals surface area contributed by atoms with E-state index in [0.29, 0.717) is 17.1 Å². The molecule has 0 radical (unpaired) electrons. The number of rotatable bonds is 8. The highest BCUT2D eigenvalue weighted by Crippen LogP contribution is 2.34. The Morgan fingerprint density at radius 2 is 1.73 bits per heavy atom. The van der Waals surface area contributed by atoms with Crippen LogP contribution in [0.25, 0.3) is 10.2 Å². The molecule has 0 aliphatic carbocycles. The van der Waals surface area contributed by atoms with E-state index in [1.54, 1.807) is 11.3 Å². The molecule has 1 saturated heterocycles. The van der Waals surface area contributed by atoms with Crippen molar-refractivity contribution in [1.29, 1.82) is 0 Å². The first-order valence-electron chi connectivity index (χ1n) is 12.4. The number of halogens is 2. The predicted molar refractivity (Wildman–Crippen MR) is 156 cm³/mol. The van der Waals surface area contributed by atoms with Crippen molar-refractivity contribution in [3.05, 3.63) is 94.0 Å². The maximum absolute atomic E-state index is 13.8. The van der Waals surface area contributed by atoms with E-state index in [-0.39, 0.29) is 18.3 Å². The number of thiazole rings is 1. The molecule has 1 aliphatic heterocycles. The van der Waals surface area contributed by atoms with Gasteiger partial charge in [-0.3, -0.25) is 14.6 Å². The third-order valence-corrected chi connectivity index (χ3v) is 8.08. The fourth-order valence-electron chi connectivity index (χ4n) is 4.52. The van der Waals surface area contributed by atoms with Crippen LogP contribution in [0.4, 0.5) is 5.13 Å². The molecule has 194 valence electrons. The summed E-state index contributed by atoms with van der Waals surface area (Å²) in [6.45, 7) is 6.94. The molecule has 2 heterocycles. The smallest absolute Gasteiger partial charge is 0.260 e. The molecule has 0 unspecified atom stereocenters. The van der Waals surface area contributed by atoms with E-state index in [4.69, 9.17) is 21.3 Å². The molecule has 1 amide bonds. The summed E-state index contributed by atoms with van der Waals surface area (Å²) in [6, 6.07) is 22.2.